The molecule has 0 aromatic heterocycles. The van der Waals surface area contributed by atoms with E-state index >= 15 is 0 Å². The van der Waals surface area contributed by atoms with E-state index in [-0.39, 0.29) is 5.78 Å². The Kier molecular flexibility index (Phi) is 5.87. The molecule has 1 aromatic carbocycles. The largest absolute Gasteiger partial charge is 0.346 e. The second-order valence-electron chi connectivity index (χ2n) is 3.66. The van der Waals surface area contributed by atoms with Crippen LogP contribution in [0.1, 0.15) is 36.7 Å². The van der Waals surface area contributed by atoms with E-state index in [0.717, 1.165) is 12.0 Å². The van der Waals surface area contributed by atoms with E-state index < -0.39 is 6.29 Å². The molecule has 0 aliphatic carbocycles. The number of benzene rings is 1. The predicted molar refractivity (Wildman–Crippen MR) is 67.2 cm³/mol. The van der Waals surface area contributed by atoms with E-state index in [1.165, 1.54) is 0 Å². The fraction of sp³-hybridized carbons (Fsp3) is 0.500. The lowest BCUT2D eigenvalue weighted by Gasteiger charge is -2.15. The van der Waals surface area contributed by atoms with Crippen molar-refractivity contribution in [2.24, 2.45) is 0 Å². The average molecular weight is 236 g/mol. The highest BCUT2D eigenvalue weighted by Gasteiger charge is 2.20. The second kappa shape index (κ2) is 7.20. The van der Waals surface area contributed by atoms with Crippen molar-refractivity contribution in [3.8, 4) is 0 Å². The summed E-state index contributed by atoms with van der Waals surface area (Å²) in [7, 11) is 0. The minimum absolute atomic E-state index is 0.107. The fourth-order valence-corrected chi connectivity index (χ4v) is 1.58. The average Bonchev–Trinajstić information content (AvgIpc) is 2.38. The van der Waals surface area contributed by atoms with Gasteiger partial charge in [0, 0.05) is 18.8 Å². The number of hydrogen-bond acceptors (Lipinski definition) is 3. The molecule has 17 heavy (non-hydrogen) atoms. The van der Waals surface area contributed by atoms with Gasteiger partial charge >= 0.3 is 0 Å². The normalized spacial score (nSPS) is 10.8. The number of aryl methyl sites for hydroxylation is 1. The van der Waals surface area contributed by atoms with E-state index in [1.54, 1.807) is 6.07 Å². The highest BCUT2D eigenvalue weighted by atomic mass is 16.7. The van der Waals surface area contributed by atoms with Crippen LogP contribution in [0.15, 0.2) is 24.3 Å². The fourth-order valence-electron chi connectivity index (χ4n) is 1.58. The van der Waals surface area contributed by atoms with Crippen LogP contribution in [-0.2, 0) is 15.9 Å². The van der Waals surface area contributed by atoms with E-state index in [9.17, 15) is 4.79 Å². The van der Waals surface area contributed by atoms with Crippen molar-refractivity contribution in [3.05, 3.63) is 35.4 Å². The molecule has 0 amide bonds. The summed E-state index contributed by atoms with van der Waals surface area (Å²) in [4.78, 5) is 12.1. The number of ketones is 1. The first-order chi connectivity index (χ1) is 8.22. The SMILES string of the molecule is CCOC(OCC)C(=O)c1cccc(CC)c1. The zero-order valence-corrected chi connectivity index (χ0v) is 10.7. The highest BCUT2D eigenvalue weighted by molar-refractivity contribution is 5.98. The first-order valence-corrected chi connectivity index (χ1v) is 6.09. The van der Waals surface area contributed by atoms with Crippen molar-refractivity contribution in [2.75, 3.05) is 13.2 Å². The van der Waals surface area contributed by atoms with E-state index in [0.29, 0.717) is 18.8 Å². The number of Topliss-reactive ketones (excluding diaryl/α,β-unsaturated/α-hetero) is 1. The maximum absolute atomic E-state index is 12.1. The number of hydrogen-bond donors (Lipinski definition) is 0. The summed E-state index contributed by atoms with van der Waals surface area (Å²) in [5.74, 6) is -0.107. The number of ether oxygens (including phenoxy) is 2. The Morgan fingerprint density at radius 2 is 1.82 bits per heavy atom. The molecule has 0 saturated heterocycles. The van der Waals surface area contributed by atoms with E-state index in [2.05, 4.69) is 6.92 Å². The van der Waals surface area contributed by atoms with Crippen molar-refractivity contribution in [1.82, 2.24) is 0 Å². The molecule has 0 fully saturated rings. The summed E-state index contributed by atoms with van der Waals surface area (Å²) in [6.07, 6.45) is 0.131. The van der Waals surface area contributed by atoms with Gasteiger partial charge in [0.15, 0.2) is 0 Å². The standard InChI is InChI=1S/C14H20O3/c1-4-11-8-7-9-12(10-11)13(15)14(16-5-2)17-6-3/h7-10,14H,4-6H2,1-3H3. The minimum atomic E-state index is -0.780. The van der Waals surface area contributed by atoms with Gasteiger partial charge in [-0.1, -0.05) is 25.1 Å². The van der Waals surface area contributed by atoms with Crippen LogP contribution in [0.25, 0.3) is 0 Å². The molecule has 1 rings (SSSR count). The molecule has 0 unspecified atom stereocenters. The molecule has 0 spiro atoms. The van der Waals surface area contributed by atoms with Crippen LogP contribution in [0.5, 0.6) is 0 Å². The molecule has 0 N–H and O–H groups in total. The first kappa shape index (κ1) is 13.9. The summed E-state index contributed by atoms with van der Waals surface area (Å²) in [6, 6.07) is 7.59. The molecule has 0 aliphatic heterocycles. The van der Waals surface area contributed by atoms with Crippen molar-refractivity contribution >= 4 is 5.78 Å². The van der Waals surface area contributed by atoms with Crippen LogP contribution in [0.2, 0.25) is 0 Å². The lowest BCUT2D eigenvalue weighted by Crippen LogP contribution is -2.27. The summed E-state index contributed by atoms with van der Waals surface area (Å²) in [5, 5.41) is 0. The van der Waals surface area contributed by atoms with Crippen molar-refractivity contribution in [2.45, 2.75) is 33.5 Å². The van der Waals surface area contributed by atoms with Gasteiger partial charge in [-0.2, -0.15) is 0 Å². The van der Waals surface area contributed by atoms with Gasteiger partial charge in [0.05, 0.1) is 0 Å². The van der Waals surface area contributed by atoms with Crippen LogP contribution in [0, 0.1) is 0 Å². The number of carbonyl (C=O) groups excluding carboxylic acids is 1. The molecule has 0 atom stereocenters. The Bertz CT molecular complexity index is 354. The van der Waals surface area contributed by atoms with Gasteiger partial charge in [0.1, 0.15) is 0 Å². The second-order valence-corrected chi connectivity index (χ2v) is 3.66. The molecule has 0 aliphatic rings. The van der Waals surface area contributed by atoms with Crippen molar-refractivity contribution < 1.29 is 14.3 Å². The van der Waals surface area contributed by atoms with E-state index in [4.69, 9.17) is 9.47 Å². The topological polar surface area (TPSA) is 35.5 Å². The Morgan fingerprint density at radius 1 is 1.18 bits per heavy atom. The van der Waals surface area contributed by atoms with Gasteiger partial charge in [0.2, 0.25) is 12.1 Å². The maximum atomic E-state index is 12.1. The predicted octanol–water partition coefficient (Wildman–Crippen LogP) is 2.83. The third kappa shape index (κ3) is 3.95. The quantitative estimate of drug-likeness (QED) is 0.539. The Balaban J connectivity index is 2.84. The van der Waals surface area contributed by atoms with E-state index in [1.807, 2.05) is 32.0 Å². The summed E-state index contributed by atoms with van der Waals surface area (Å²) < 4.78 is 10.6. The number of rotatable bonds is 7. The van der Waals surface area contributed by atoms with Crippen LogP contribution in [0.3, 0.4) is 0 Å². The molecule has 0 heterocycles. The molecule has 1 aromatic rings. The van der Waals surface area contributed by atoms with Crippen LogP contribution >= 0.6 is 0 Å². The lowest BCUT2D eigenvalue weighted by atomic mass is 10.1. The van der Waals surface area contributed by atoms with Gasteiger partial charge in [-0.3, -0.25) is 4.79 Å². The monoisotopic (exact) mass is 236 g/mol. The maximum Gasteiger partial charge on any atom is 0.222 e. The molecule has 94 valence electrons. The summed E-state index contributed by atoms with van der Waals surface area (Å²) in [6.45, 7) is 6.68. The van der Waals surface area contributed by atoms with Crippen LogP contribution < -0.4 is 0 Å². The molecule has 3 nitrogen and oxygen atoms in total. The smallest absolute Gasteiger partial charge is 0.222 e. The third-order valence-electron chi connectivity index (χ3n) is 2.47. The Morgan fingerprint density at radius 3 is 2.35 bits per heavy atom. The summed E-state index contributed by atoms with van der Waals surface area (Å²) in [5.41, 5.74) is 1.79. The lowest BCUT2D eigenvalue weighted by molar-refractivity contribution is -0.107. The summed E-state index contributed by atoms with van der Waals surface area (Å²) >= 11 is 0. The molecule has 0 radical (unpaired) electrons. The molecule has 0 bridgehead atoms. The Hall–Kier alpha value is -1.19. The van der Waals surface area contributed by atoms with Gasteiger partial charge < -0.3 is 9.47 Å². The molecule has 3 heteroatoms. The molecule has 0 saturated carbocycles. The number of carbonyl (C=O) groups is 1. The van der Waals surface area contributed by atoms with Gasteiger partial charge in [0.25, 0.3) is 0 Å². The van der Waals surface area contributed by atoms with Gasteiger partial charge in [-0.25, -0.2) is 0 Å². The zero-order valence-electron chi connectivity index (χ0n) is 10.7. The molecular weight excluding hydrogens is 216 g/mol. The first-order valence-electron chi connectivity index (χ1n) is 6.09. The van der Waals surface area contributed by atoms with Gasteiger partial charge in [-0.05, 0) is 31.9 Å². The van der Waals surface area contributed by atoms with Crippen molar-refractivity contribution in [1.29, 1.82) is 0 Å². The van der Waals surface area contributed by atoms with Gasteiger partial charge in [-0.15, -0.1) is 0 Å². The van der Waals surface area contributed by atoms with Crippen molar-refractivity contribution in [3.63, 3.8) is 0 Å². The van der Waals surface area contributed by atoms with Crippen LogP contribution in [0.4, 0.5) is 0 Å². The third-order valence-corrected chi connectivity index (χ3v) is 2.47. The highest BCUT2D eigenvalue weighted by Crippen LogP contribution is 2.11. The zero-order chi connectivity index (χ0) is 12.7. The molecular formula is C14H20O3. The minimum Gasteiger partial charge on any atom is -0.346 e. The van der Waals surface area contributed by atoms with Crippen LogP contribution in [-0.4, -0.2) is 25.3 Å². The Labute approximate surface area is 103 Å².